The van der Waals surface area contributed by atoms with Crippen LogP contribution in [0.2, 0.25) is 10.0 Å². The molecule has 0 aliphatic heterocycles. The second kappa shape index (κ2) is 4.94. The number of anilines is 1. The number of pyridine rings is 1. The van der Waals surface area contributed by atoms with Crippen molar-refractivity contribution in [1.29, 1.82) is 0 Å². The number of benzene rings is 1. The van der Waals surface area contributed by atoms with E-state index in [1.807, 2.05) is 20.0 Å². The topological polar surface area (TPSA) is 24.9 Å². The summed E-state index contributed by atoms with van der Waals surface area (Å²) in [5.41, 5.74) is 4.08. The Bertz CT molecular complexity index is 607. The molecule has 0 unspecified atom stereocenters. The zero-order chi connectivity index (χ0) is 13.4. The average molecular weight is 283 g/mol. The Balaban J connectivity index is 2.94. The van der Waals surface area contributed by atoms with E-state index < -0.39 is 0 Å². The third-order valence-electron chi connectivity index (χ3n) is 3.06. The van der Waals surface area contributed by atoms with E-state index in [9.17, 15) is 0 Å². The summed E-state index contributed by atoms with van der Waals surface area (Å²) in [5.74, 6) is 0.391. The molecular formula is C14H16Cl2N2. The van der Waals surface area contributed by atoms with Crippen molar-refractivity contribution < 1.29 is 0 Å². The molecule has 1 heterocycles. The molecule has 0 aliphatic rings. The van der Waals surface area contributed by atoms with Gasteiger partial charge in [-0.25, -0.2) is 0 Å². The fourth-order valence-corrected chi connectivity index (χ4v) is 2.94. The fourth-order valence-electron chi connectivity index (χ4n) is 2.40. The van der Waals surface area contributed by atoms with Crippen molar-refractivity contribution >= 4 is 39.8 Å². The van der Waals surface area contributed by atoms with Crippen LogP contribution in [0.25, 0.3) is 10.9 Å². The number of hydrogen-bond acceptors (Lipinski definition) is 2. The van der Waals surface area contributed by atoms with Gasteiger partial charge in [-0.2, -0.15) is 0 Å². The van der Waals surface area contributed by atoms with Crippen LogP contribution in [0.5, 0.6) is 0 Å². The summed E-state index contributed by atoms with van der Waals surface area (Å²) in [6.07, 6.45) is 0. The van der Waals surface area contributed by atoms with Crippen LogP contribution in [0.15, 0.2) is 12.1 Å². The molecule has 0 bridgehead atoms. The van der Waals surface area contributed by atoms with Crippen molar-refractivity contribution in [1.82, 2.24) is 4.98 Å². The van der Waals surface area contributed by atoms with Gasteiger partial charge < -0.3 is 5.32 Å². The number of halogens is 2. The number of nitrogens with one attached hydrogen (secondary N) is 1. The number of fused-ring (bicyclic) bond motifs is 1. The third-order valence-corrected chi connectivity index (χ3v) is 3.57. The van der Waals surface area contributed by atoms with E-state index in [-0.39, 0.29) is 0 Å². The lowest BCUT2D eigenvalue weighted by Gasteiger charge is -2.18. The number of aromatic nitrogens is 1. The molecule has 96 valence electrons. The molecule has 0 atom stereocenters. The normalized spacial score (nSPS) is 11.3. The van der Waals surface area contributed by atoms with Gasteiger partial charge in [-0.05, 0) is 30.5 Å². The second-order valence-corrected chi connectivity index (χ2v) is 5.52. The maximum absolute atomic E-state index is 6.22. The van der Waals surface area contributed by atoms with Crippen molar-refractivity contribution in [2.75, 3.05) is 12.4 Å². The monoisotopic (exact) mass is 282 g/mol. The highest BCUT2D eigenvalue weighted by molar-refractivity contribution is 6.38. The molecule has 2 rings (SSSR count). The summed E-state index contributed by atoms with van der Waals surface area (Å²) < 4.78 is 0. The quantitative estimate of drug-likeness (QED) is 0.837. The molecule has 2 nitrogen and oxygen atoms in total. The Morgan fingerprint density at radius 1 is 1.22 bits per heavy atom. The van der Waals surface area contributed by atoms with E-state index >= 15 is 0 Å². The highest BCUT2D eigenvalue weighted by Crippen LogP contribution is 2.37. The average Bonchev–Trinajstić information content (AvgIpc) is 2.28. The molecule has 0 saturated carbocycles. The van der Waals surface area contributed by atoms with Crippen molar-refractivity contribution in [3.8, 4) is 0 Å². The van der Waals surface area contributed by atoms with Crippen LogP contribution in [-0.4, -0.2) is 12.0 Å². The molecule has 18 heavy (non-hydrogen) atoms. The van der Waals surface area contributed by atoms with E-state index in [4.69, 9.17) is 23.2 Å². The standard InChI is InChI=1S/C14H16Cl2N2/c1-7(2)12-8(3)18-13-10(14(12)17-4)5-9(15)6-11(13)16/h5-7H,1-4H3,(H,17,18). The highest BCUT2D eigenvalue weighted by Gasteiger charge is 2.16. The Labute approximate surface area is 117 Å². The van der Waals surface area contributed by atoms with Crippen LogP contribution in [-0.2, 0) is 0 Å². The Morgan fingerprint density at radius 2 is 1.89 bits per heavy atom. The predicted molar refractivity (Wildman–Crippen MR) is 80.1 cm³/mol. The summed E-state index contributed by atoms with van der Waals surface area (Å²) in [6.45, 7) is 6.33. The zero-order valence-electron chi connectivity index (χ0n) is 10.9. The van der Waals surface area contributed by atoms with E-state index in [0.717, 1.165) is 22.3 Å². The molecule has 4 heteroatoms. The lowest BCUT2D eigenvalue weighted by molar-refractivity contribution is 0.849. The largest absolute Gasteiger partial charge is 0.387 e. The number of rotatable bonds is 2. The molecule has 0 amide bonds. The summed E-state index contributed by atoms with van der Waals surface area (Å²) in [6, 6.07) is 3.64. The van der Waals surface area contributed by atoms with Crippen molar-refractivity contribution in [3.63, 3.8) is 0 Å². The first-order chi connectivity index (χ1) is 8.45. The summed E-state index contributed by atoms with van der Waals surface area (Å²) in [4.78, 5) is 4.62. The summed E-state index contributed by atoms with van der Waals surface area (Å²) >= 11 is 12.3. The molecule has 1 aromatic carbocycles. The minimum Gasteiger partial charge on any atom is -0.387 e. The van der Waals surface area contributed by atoms with Gasteiger partial charge in [0.05, 0.1) is 10.5 Å². The zero-order valence-corrected chi connectivity index (χ0v) is 12.4. The molecule has 1 aromatic heterocycles. The van der Waals surface area contributed by atoms with Crippen LogP contribution in [0.4, 0.5) is 5.69 Å². The smallest absolute Gasteiger partial charge is 0.0913 e. The number of hydrogen-bond donors (Lipinski definition) is 1. The molecule has 0 saturated heterocycles. The van der Waals surface area contributed by atoms with Crippen molar-refractivity contribution in [3.05, 3.63) is 33.4 Å². The van der Waals surface area contributed by atoms with Crippen LogP contribution in [0.1, 0.15) is 31.0 Å². The second-order valence-electron chi connectivity index (χ2n) is 4.67. The summed E-state index contributed by atoms with van der Waals surface area (Å²) in [7, 11) is 1.91. The molecule has 0 aliphatic carbocycles. The SMILES string of the molecule is CNc1c(C(C)C)c(C)nc2c(Cl)cc(Cl)cc12. The predicted octanol–water partition coefficient (Wildman–Crippen LogP) is 5.02. The van der Waals surface area contributed by atoms with Gasteiger partial charge in [0.25, 0.3) is 0 Å². The Hall–Kier alpha value is -0.990. The van der Waals surface area contributed by atoms with Gasteiger partial charge in [0.15, 0.2) is 0 Å². The van der Waals surface area contributed by atoms with Gasteiger partial charge in [-0.3, -0.25) is 4.98 Å². The van der Waals surface area contributed by atoms with E-state index in [0.29, 0.717) is 16.0 Å². The fraction of sp³-hybridized carbons (Fsp3) is 0.357. The van der Waals surface area contributed by atoms with Gasteiger partial charge >= 0.3 is 0 Å². The lowest BCUT2D eigenvalue weighted by Crippen LogP contribution is -2.04. The van der Waals surface area contributed by atoms with Crippen LogP contribution < -0.4 is 5.32 Å². The van der Waals surface area contributed by atoms with Crippen LogP contribution >= 0.6 is 23.2 Å². The summed E-state index contributed by atoms with van der Waals surface area (Å²) in [5, 5.41) is 5.45. The molecule has 0 radical (unpaired) electrons. The maximum atomic E-state index is 6.22. The van der Waals surface area contributed by atoms with Gasteiger partial charge in [0.1, 0.15) is 0 Å². The number of nitrogens with zero attached hydrogens (tertiary/aromatic N) is 1. The van der Waals surface area contributed by atoms with Crippen molar-refractivity contribution in [2.24, 2.45) is 0 Å². The van der Waals surface area contributed by atoms with Gasteiger partial charge in [0.2, 0.25) is 0 Å². The Morgan fingerprint density at radius 3 is 2.44 bits per heavy atom. The molecular weight excluding hydrogens is 267 g/mol. The molecule has 1 N–H and O–H groups in total. The van der Waals surface area contributed by atoms with Crippen molar-refractivity contribution in [2.45, 2.75) is 26.7 Å². The maximum Gasteiger partial charge on any atom is 0.0913 e. The van der Waals surface area contributed by atoms with Gasteiger partial charge in [0, 0.05) is 28.8 Å². The van der Waals surface area contributed by atoms with Crippen LogP contribution in [0, 0.1) is 6.92 Å². The van der Waals surface area contributed by atoms with Gasteiger partial charge in [-0.1, -0.05) is 37.0 Å². The number of aryl methyl sites for hydroxylation is 1. The first kappa shape index (κ1) is 13.4. The highest BCUT2D eigenvalue weighted by atomic mass is 35.5. The van der Waals surface area contributed by atoms with E-state index in [2.05, 4.69) is 24.1 Å². The first-order valence-corrected chi connectivity index (χ1v) is 6.68. The minimum atomic E-state index is 0.391. The van der Waals surface area contributed by atoms with E-state index in [1.165, 1.54) is 5.56 Å². The Kier molecular flexibility index (Phi) is 3.69. The molecule has 2 aromatic rings. The minimum absolute atomic E-state index is 0.391. The van der Waals surface area contributed by atoms with Gasteiger partial charge in [-0.15, -0.1) is 0 Å². The first-order valence-electron chi connectivity index (χ1n) is 5.92. The third kappa shape index (κ3) is 2.15. The lowest BCUT2D eigenvalue weighted by atomic mass is 9.97. The van der Waals surface area contributed by atoms with E-state index in [1.54, 1.807) is 6.07 Å². The molecule has 0 spiro atoms. The van der Waals surface area contributed by atoms with Crippen LogP contribution in [0.3, 0.4) is 0 Å². The molecule has 0 fully saturated rings.